The van der Waals surface area contributed by atoms with Crippen LogP contribution in [0.5, 0.6) is 0 Å². The molecule has 0 aliphatic heterocycles. The van der Waals surface area contributed by atoms with Crippen LogP contribution in [0.25, 0.3) is 64.6 Å². The van der Waals surface area contributed by atoms with Crippen molar-refractivity contribution in [3.63, 3.8) is 0 Å². The molecule has 33 heavy (non-hydrogen) atoms. The van der Waals surface area contributed by atoms with Crippen LogP contribution in [0.4, 0.5) is 0 Å². The first-order valence-corrected chi connectivity index (χ1v) is 12.2. The Balaban J connectivity index is 1.41. The average molecular weight is 435 g/mol. The molecule has 0 amide bonds. The molecule has 152 valence electrons. The molecule has 8 aromatic carbocycles. The van der Waals surface area contributed by atoms with E-state index in [1.165, 1.54) is 74.4 Å². The quantitative estimate of drug-likeness (QED) is 0.244. The van der Waals surface area contributed by atoms with Crippen molar-refractivity contribution in [3.05, 3.63) is 109 Å². The highest BCUT2D eigenvalue weighted by Gasteiger charge is 2.15. The topological polar surface area (TPSA) is 0 Å². The second-order valence-corrected chi connectivity index (χ2v) is 10.0. The van der Waals surface area contributed by atoms with Gasteiger partial charge in [-0.2, -0.15) is 0 Å². The minimum absolute atomic E-state index is 1.31. The summed E-state index contributed by atoms with van der Waals surface area (Å²) in [6, 6.07) is 40.5. The number of benzene rings is 8. The van der Waals surface area contributed by atoms with Crippen LogP contribution in [0.1, 0.15) is 0 Å². The maximum absolute atomic E-state index is 2.31. The molecule has 0 fully saturated rings. The molecule has 0 aliphatic rings. The average Bonchev–Trinajstić information content (AvgIpc) is 2.87. The summed E-state index contributed by atoms with van der Waals surface area (Å²) in [5.41, 5.74) is 0. The standard InChI is InChI=1S/C32H18S/c1-3-19-7-9-23-13-17-27(25-15-11-21(5-1)29(19)31(23)25)33-28-18-14-24-10-8-20-4-2-6-22-12-16-26(28)32(24)30(20)22/h1-18H. The fourth-order valence-electron chi connectivity index (χ4n) is 5.71. The lowest BCUT2D eigenvalue weighted by atomic mass is 9.94. The van der Waals surface area contributed by atoms with Gasteiger partial charge >= 0.3 is 0 Å². The Morgan fingerprint density at radius 3 is 1.06 bits per heavy atom. The highest BCUT2D eigenvalue weighted by atomic mass is 32.2. The van der Waals surface area contributed by atoms with Crippen molar-refractivity contribution in [2.75, 3.05) is 0 Å². The van der Waals surface area contributed by atoms with Gasteiger partial charge < -0.3 is 0 Å². The second kappa shape index (κ2) is 6.37. The fraction of sp³-hybridized carbons (Fsp3) is 0. The summed E-state index contributed by atoms with van der Waals surface area (Å²) in [6.07, 6.45) is 0. The van der Waals surface area contributed by atoms with Crippen LogP contribution < -0.4 is 0 Å². The molecule has 0 spiro atoms. The molecule has 1 heteroatoms. The van der Waals surface area contributed by atoms with Gasteiger partial charge in [-0.3, -0.25) is 0 Å². The number of hydrogen-bond acceptors (Lipinski definition) is 1. The third-order valence-corrected chi connectivity index (χ3v) is 8.35. The van der Waals surface area contributed by atoms with E-state index >= 15 is 0 Å². The Labute approximate surface area is 195 Å². The molecule has 0 N–H and O–H groups in total. The van der Waals surface area contributed by atoms with Crippen LogP contribution in [0.3, 0.4) is 0 Å². The van der Waals surface area contributed by atoms with Gasteiger partial charge in [0.25, 0.3) is 0 Å². The van der Waals surface area contributed by atoms with Gasteiger partial charge in [-0.15, -0.1) is 0 Å². The minimum atomic E-state index is 1.31. The van der Waals surface area contributed by atoms with Gasteiger partial charge in [-0.1, -0.05) is 109 Å². The van der Waals surface area contributed by atoms with Gasteiger partial charge in [0, 0.05) is 9.79 Å². The highest BCUT2D eigenvalue weighted by Crippen LogP contribution is 2.44. The molecule has 0 saturated heterocycles. The lowest BCUT2D eigenvalue weighted by molar-refractivity contribution is 1.51. The minimum Gasteiger partial charge on any atom is -0.0888 e. The molecule has 0 nitrogen and oxygen atoms in total. The van der Waals surface area contributed by atoms with Crippen molar-refractivity contribution in [1.29, 1.82) is 0 Å². The van der Waals surface area contributed by atoms with E-state index in [0.717, 1.165) is 0 Å². The van der Waals surface area contributed by atoms with E-state index in [2.05, 4.69) is 109 Å². The lowest BCUT2D eigenvalue weighted by Crippen LogP contribution is -1.87. The van der Waals surface area contributed by atoms with Crippen LogP contribution in [-0.2, 0) is 0 Å². The SMILES string of the molecule is c1cc2ccc3ccc(Sc4ccc5ccc6cccc7ccc4c5c67)c4ccc(c1)c2c34. The fourth-order valence-corrected chi connectivity index (χ4v) is 6.78. The number of rotatable bonds is 2. The molecular formula is C32H18S. The molecule has 0 aromatic heterocycles. The van der Waals surface area contributed by atoms with Gasteiger partial charge in [0.1, 0.15) is 0 Å². The van der Waals surface area contributed by atoms with Crippen molar-refractivity contribution in [2.45, 2.75) is 9.79 Å². The molecule has 8 rings (SSSR count). The van der Waals surface area contributed by atoms with Crippen LogP contribution in [0.2, 0.25) is 0 Å². The van der Waals surface area contributed by atoms with E-state index in [1.807, 2.05) is 11.8 Å². The van der Waals surface area contributed by atoms with Gasteiger partial charge in [-0.25, -0.2) is 0 Å². The predicted molar refractivity (Wildman–Crippen MR) is 144 cm³/mol. The van der Waals surface area contributed by atoms with E-state index in [-0.39, 0.29) is 0 Å². The summed E-state index contributed by atoms with van der Waals surface area (Å²) >= 11 is 1.89. The molecular weight excluding hydrogens is 416 g/mol. The van der Waals surface area contributed by atoms with Gasteiger partial charge in [0.2, 0.25) is 0 Å². The zero-order valence-electron chi connectivity index (χ0n) is 17.8. The maximum Gasteiger partial charge on any atom is 0.0201 e. The van der Waals surface area contributed by atoms with E-state index < -0.39 is 0 Å². The molecule has 0 atom stereocenters. The largest absolute Gasteiger partial charge is 0.0888 e. The van der Waals surface area contributed by atoms with Crippen LogP contribution in [0.15, 0.2) is 119 Å². The molecule has 0 saturated carbocycles. The molecule has 8 aromatic rings. The molecule has 0 bridgehead atoms. The van der Waals surface area contributed by atoms with Crippen molar-refractivity contribution in [2.24, 2.45) is 0 Å². The normalized spacial score (nSPS) is 12.4. The highest BCUT2D eigenvalue weighted by molar-refractivity contribution is 7.99. The molecule has 0 aliphatic carbocycles. The third kappa shape index (κ3) is 2.38. The summed E-state index contributed by atoms with van der Waals surface area (Å²) in [5.74, 6) is 0. The summed E-state index contributed by atoms with van der Waals surface area (Å²) < 4.78 is 0. The van der Waals surface area contributed by atoms with E-state index in [1.54, 1.807) is 0 Å². The molecule has 0 radical (unpaired) electrons. The Morgan fingerprint density at radius 1 is 0.303 bits per heavy atom. The van der Waals surface area contributed by atoms with Crippen molar-refractivity contribution >= 4 is 76.4 Å². The maximum atomic E-state index is 2.31. The van der Waals surface area contributed by atoms with E-state index in [0.29, 0.717) is 0 Å². The predicted octanol–water partition coefficient (Wildman–Crippen LogP) is 9.63. The van der Waals surface area contributed by atoms with Crippen molar-refractivity contribution in [1.82, 2.24) is 0 Å². The molecule has 0 heterocycles. The summed E-state index contributed by atoms with van der Waals surface area (Å²) in [4.78, 5) is 2.63. The first kappa shape index (κ1) is 17.7. The zero-order valence-corrected chi connectivity index (χ0v) is 18.6. The first-order valence-electron chi connectivity index (χ1n) is 11.4. The Hall–Kier alpha value is -3.81. The zero-order chi connectivity index (χ0) is 21.5. The van der Waals surface area contributed by atoms with E-state index in [4.69, 9.17) is 0 Å². The number of hydrogen-bond donors (Lipinski definition) is 0. The van der Waals surface area contributed by atoms with Gasteiger partial charge in [-0.05, 0) is 76.8 Å². The van der Waals surface area contributed by atoms with Gasteiger partial charge in [0.05, 0.1) is 0 Å². The smallest absolute Gasteiger partial charge is 0.0201 e. The Morgan fingerprint density at radius 2 is 0.636 bits per heavy atom. The summed E-state index contributed by atoms with van der Waals surface area (Å²) in [7, 11) is 0. The van der Waals surface area contributed by atoms with Crippen molar-refractivity contribution < 1.29 is 0 Å². The third-order valence-electron chi connectivity index (χ3n) is 7.20. The Kier molecular flexibility index (Phi) is 3.42. The first-order chi connectivity index (χ1) is 16.3. The van der Waals surface area contributed by atoms with Crippen LogP contribution in [-0.4, -0.2) is 0 Å². The summed E-state index contributed by atoms with van der Waals surface area (Å²) in [6.45, 7) is 0. The molecule has 0 unspecified atom stereocenters. The monoisotopic (exact) mass is 434 g/mol. The second-order valence-electron chi connectivity index (χ2n) is 8.94. The van der Waals surface area contributed by atoms with Gasteiger partial charge in [0.15, 0.2) is 0 Å². The summed E-state index contributed by atoms with van der Waals surface area (Å²) in [5, 5.41) is 16.1. The van der Waals surface area contributed by atoms with Crippen LogP contribution >= 0.6 is 11.8 Å². The Bertz CT molecular complexity index is 1820. The van der Waals surface area contributed by atoms with Crippen molar-refractivity contribution in [3.8, 4) is 0 Å². The van der Waals surface area contributed by atoms with Crippen LogP contribution in [0, 0.1) is 0 Å². The van der Waals surface area contributed by atoms with E-state index in [9.17, 15) is 0 Å². The lowest BCUT2D eigenvalue weighted by Gasteiger charge is -2.16.